The maximum absolute atomic E-state index is 12.1. The fourth-order valence-electron chi connectivity index (χ4n) is 2.42. The SMILES string of the molecule is Cc1cc(C)c2sc(NC(=O)CSCc3ccccc3)nc2c1. The van der Waals surface area contributed by atoms with Gasteiger partial charge in [0, 0.05) is 5.75 Å². The Morgan fingerprint density at radius 3 is 2.78 bits per heavy atom. The van der Waals surface area contributed by atoms with Gasteiger partial charge in [0.25, 0.3) is 0 Å². The number of aromatic nitrogens is 1. The minimum absolute atomic E-state index is 0.000591. The Kier molecular flexibility index (Phi) is 4.98. The van der Waals surface area contributed by atoms with Gasteiger partial charge in [-0.2, -0.15) is 0 Å². The molecule has 0 saturated heterocycles. The number of anilines is 1. The summed E-state index contributed by atoms with van der Waals surface area (Å²) in [6.07, 6.45) is 0. The number of nitrogens with zero attached hydrogens (tertiary/aromatic N) is 1. The summed E-state index contributed by atoms with van der Waals surface area (Å²) < 4.78 is 1.14. The van der Waals surface area contributed by atoms with Crippen molar-refractivity contribution >= 4 is 44.4 Å². The van der Waals surface area contributed by atoms with Crippen LogP contribution in [0.25, 0.3) is 10.2 Å². The highest BCUT2D eigenvalue weighted by molar-refractivity contribution is 7.99. The summed E-state index contributed by atoms with van der Waals surface area (Å²) in [4.78, 5) is 16.6. The summed E-state index contributed by atoms with van der Waals surface area (Å²) in [5.41, 5.74) is 4.59. The number of thioether (sulfide) groups is 1. The number of hydrogen-bond acceptors (Lipinski definition) is 4. The monoisotopic (exact) mass is 342 g/mol. The van der Waals surface area contributed by atoms with Crippen molar-refractivity contribution in [1.82, 2.24) is 4.98 Å². The molecule has 1 heterocycles. The number of nitrogens with one attached hydrogen (secondary N) is 1. The lowest BCUT2D eigenvalue weighted by Crippen LogP contribution is -2.13. The van der Waals surface area contributed by atoms with Gasteiger partial charge >= 0.3 is 0 Å². The van der Waals surface area contributed by atoms with Gasteiger partial charge in [0.1, 0.15) is 0 Å². The number of fused-ring (bicyclic) bond motifs is 1. The molecule has 0 radical (unpaired) electrons. The van der Waals surface area contributed by atoms with Crippen LogP contribution >= 0.6 is 23.1 Å². The van der Waals surface area contributed by atoms with Crippen LogP contribution in [-0.4, -0.2) is 16.6 Å². The molecule has 0 aliphatic carbocycles. The van der Waals surface area contributed by atoms with Crippen molar-refractivity contribution in [3.8, 4) is 0 Å². The molecule has 1 N–H and O–H groups in total. The van der Waals surface area contributed by atoms with E-state index >= 15 is 0 Å². The van der Waals surface area contributed by atoms with E-state index in [0.29, 0.717) is 10.9 Å². The van der Waals surface area contributed by atoms with E-state index in [-0.39, 0.29) is 5.91 Å². The van der Waals surface area contributed by atoms with Crippen LogP contribution in [0.3, 0.4) is 0 Å². The van der Waals surface area contributed by atoms with Crippen LogP contribution in [0.5, 0.6) is 0 Å². The second-order valence-electron chi connectivity index (χ2n) is 5.48. The molecule has 118 valence electrons. The maximum atomic E-state index is 12.1. The molecule has 3 rings (SSSR count). The molecule has 1 aromatic heterocycles. The van der Waals surface area contributed by atoms with Gasteiger partial charge in [0.2, 0.25) is 5.91 Å². The zero-order valence-electron chi connectivity index (χ0n) is 13.1. The minimum Gasteiger partial charge on any atom is -0.301 e. The Labute approximate surface area is 144 Å². The molecule has 3 nitrogen and oxygen atoms in total. The highest BCUT2D eigenvalue weighted by Crippen LogP contribution is 2.29. The Morgan fingerprint density at radius 1 is 1.22 bits per heavy atom. The number of thiazole rings is 1. The molecular formula is C18H18N2OS2. The molecule has 0 saturated carbocycles. The first-order valence-corrected chi connectivity index (χ1v) is 9.38. The predicted molar refractivity (Wildman–Crippen MR) is 100 cm³/mol. The third kappa shape index (κ3) is 4.12. The van der Waals surface area contributed by atoms with Crippen LogP contribution in [0.1, 0.15) is 16.7 Å². The van der Waals surface area contributed by atoms with E-state index in [4.69, 9.17) is 0 Å². The lowest BCUT2D eigenvalue weighted by Gasteiger charge is -2.02. The van der Waals surface area contributed by atoms with Crippen molar-refractivity contribution in [1.29, 1.82) is 0 Å². The molecule has 0 bridgehead atoms. The number of hydrogen-bond donors (Lipinski definition) is 1. The fourth-order valence-corrected chi connectivity index (χ4v) is 4.14. The molecule has 0 spiro atoms. The fraction of sp³-hybridized carbons (Fsp3) is 0.222. The van der Waals surface area contributed by atoms with Crippen LogP contribution in [0.15, 0.2) is 42.5 Å². The van der Waals surface area contributed by atoms with Gasteiger partial charge in [0.05, 0.1) is 16.0 Å². The maximum Gasteiger partial charge on any atom is 0.236 e. The van der Waals surface area contributed by atoms with Gasteiger partial charge in [-0.3, -0.25) is 4.79 Å². The molecule has 3 aromatic rings. The van der Waals surface area contributed by atoms with Gasteiger partial charge < -0.3 is 5.32 Å². The smallest absolute Gasteiger partial charge is 0.236 e. The zero-order chi connectivity index (χ0) is 16.2. The molecule has 23 heavy (non-hydrogen) atoms. The molecule has 2 aromatic carbocycles. The Hall–Kier alpha value is -1.85. The van der Waals surface area contributed by atoms with E-state index in [1.807, 2.05) is 18.2 Å². The van der Waals surface area contributed by atoms with Gasteiger partial charge in [0.15, 0.2) is 5.13 Å². The van der Waals surface area contributed by atoms with Crippen LogP contribution in [0, 0.1) is 13.8 Å². The number of aryl methyl sites for hydroxylation is 2. The largest absolute Gasteiger partial charge is 0.301 e. The summed E-state index contributed by atoms with van der Waals surface area (Å²) in [6, 6.07) is 14.4. The summed E-state index contributed by atoms with van der Waals surface area (Å²) in [5.74, 6) is 1.27. The predicted octanol–water partition coefficient (Wildman–Crippen LogP) is 4.79. The first-order chi connectivity index (χ1) is 11.1. The number of carbonyl (C=O) groups is 1. The zero-order valence-corrected chi connectivity index (χ0v) is 14.8. The van der Waals surface area contributed by atoms with E-state index in [9.17, 15) is 4.79 Å². The molecule has 0 unspecified atom stereocenters. The minimum atomic E-state index is -0.000591. The molecule has 0 atom stereocenters. The molecular weight excluding hydrogens is 324 g/mol. The summed E-state index contributed by atoms with van der Waals surface area (Å²) in [7, 11) is 0. The van der Waals surface area contributed by atoms with Crippen LogP contribution in [0.2, 0.25) is 0 Å². The van der Waals surface area contributed by atoms with E-state index in [1.165, 1.54) is 28.0 Å². The van der Waals surface area contributed by atoms with Crippen molar-refractivity contribution in [3.63, 3.8) is 0 Å². The molecule has 0 fully saturated rings. The Morgan fingerprint density at radius 2 is 2.00 bits per heavy atom. The highest BCUT2D eigenvalue weighted by Gasteiger charge is 2.10. The molecule has 0 aliphatic heterocycles. The van der Waals surface area contributed by atoms with Gasteiger partial charge in [-0.25, -0.2) is 4.98 Å². The highest BCUT2D eigenvalue weighted by atomic mass is 32.2. The second-order valence-corrected chi connectivity index (χ2v) is 7.46. The number of amides is 1. The van der Waals surface area contributed by atoms with Crippen molar-refractivity contribution < 1.29 is 4.79 Å². The van der Waals surface area contributed by atoms with E-state index < -0.39 is 0 Å². The van der Waals surface area contributed by atoms with Crippen molar-refractivity contribution in [3.05, 3.63) is 59.2 Å². The van der Waals surface area contributed by atoms with Gasteiger partial charge in [-0.15, -0.1) is 11.8 Å². The number of rotatable bonds is 5. The van der Waals surface area contributed by atoms with E-state index in [2.05, 4.69) is 48.4 Å². The average Bonchev–Trinajstić information content (AvgIpc) is 2.91. The first-order valence-electron chi connectivity index (χ1n) is 7.41. The van der Waals surface area contributed by atoms with Gasteiger partial charge in [-0.1, -0.05) is 47.7 Å². The number of benzene rings is 2. The summed E-state index contributed by atoms with van der Waals surface area (Å²) in [5, 5.41) is 3.59. The third-order valence-corrected chi connectivity index (χ3v) is 5.54. The quantitative estimate of drug-likeness (QED) is 0.725. The lowest BCUT2D eigenvalue weighted by atomic mass is 10.1. The topological polar surface area (TPSA) is 42.0 Å². The standard InChI is InChI=1S/C18H18N2OS2/c1-12-8-13(2)17-15(9-12)19-18(23-17)20-16(21)11-22-10-14-6-4-3-5-7-14/h3-9H,10-11H2,1-2H3,(H,19,20,21). The summed E-state index contributed by atoms with van der Waals surface area (Å²) >= 11 is 3.15. The van der Waals surface area contributed by atoms with E-state index in [0.717, 1.165) is 16.0 Å². The average molecular weight is 342 g/mol. The number of carbonyl (C=O) groups excluding carboxylic acids is 1. The van der Waals surface area contributed by atoms with E-state index in [1.54, 1.807) is 11.8 Å². The normalized spacial score (nSPS) is 10.9. The molecule has 1 amide bonds. The lowest BCUT2D eigenvalue weighted by molar-refractivity contribution is -0.113. The second kappa shape index (κ2) is 7.15. The Balaban J connectivity index is 1.58. The van der Waals surface area contributed by atoms with Crippen molar-refractivity contribution in [2.75, 3.05) is 11.1 Å². The first kappa shape index (κ1) is 16.0. The summed E-state index contributed by atoms with van der Waals surface area (Å²) in [6.45, 7) is 4.14. The van der Waals surface area contributed by atoms with Crippen molar-refractivity contribution in [2.24, 2.45) is 0 Å². The van der Waals surface area contributed by atoms with Gasteiger partial charge in [-0.05, 0) is 36.6 Å². The van der Waals surface area contributed by atoms with Crippen LogP contribution < -0.4 is 5.32 Å². The Bertz CT molecular complexity index is 828. The van der Waals surface area contributed by atoms with Crippen molar-refractivity contribution in [2.45, 2.75) is 19.6 Å². The van der Waals surface area contributed by atoms with Crippen LogP contribution in [0.4, 0.5) is 5.13 Å². The molecule has 5 heteroatoms. The van der Waals surface area contributed by atoms with Crippen LogP contribution in [-0.2, 0) is 10.5 Å². The third-order valence-electron chi connectivity index (χ3n) is 3.41. The molecule has 0 aliphatic rings.